The lowest BCUT2D eigenvalue weighted by Crippen LogP contribution is -2.36. The lowest BCUT2D eigenvalue weighted by atomic mass is 9.92. The Morgan fingerprint density at radius 3 is 2.41 bits per heavy atom. The summed E-state index contributed by atoms with van der Waals surface area (Å²) in [6.45, 7) is 2.40. The highest BCUT2D eigenvalue weighted by molar-refractivity contribution is 7.88. The van der Waals surface area contributed by atoms with Gasteiger partial charge in [-0.1, -0.05) is 48.5 Å². The highest BCUT2D eigenvalue weighted by Crippen LogP contribution is 2.33. The molecule has 0 fully saturated rings. The number of aromatic nitrogens is 1. The molecule has 0 aliphatic carbocycles. The fourth-order valence-electron chi connectivity index (χ4n) is 3.33. The number of hydrogen-bond acceptors (Lipinski definition) is 4. The van der Waals surface area contributed by atoms with Crippen molar-refractivity contribution in [3.8, 4) is 11.1 Å². The average Bonchev–Trinajstić information content (AvgIpc) is 2.68. The molecule has 6 nitrogen and oxygen atoms in total. The number of benzene rings is 2. The number of para-hydroxylation sites is 1. The van der Waals surface area contributed by atoms with E-state index < -0.39 is 10.0 Å². The summed E-state index contributed by atoms with van der Waals surface area (Å²) < 4.78 is 24.9. The Kier molecular flexibility index (Phi) is 6.30. The minimum Gasteiger partial charge on any atom is -0.344 e. The van der Waals surface area contributed by atoms with Crippen LogP contribution in [0.3, 0.4) is 0 Å². The first kappa shape index (κ1) is 21.0. The van der Waals surface area contributed by atoms with Gasteiger partial charge < -0.3 is 4.90 Å². The molecule has 0 saturated heterocycles. The number of nitrogens with one attached hydrogen (secondary N) is 1. The lowest BCUT2D eigenvalue weighted by Gasteiger charge is -2.20. The molecule has 29 heavy (non-hydrogen) atoms. The summed E-state index contributed by atoms with van der Waals surface area (Å²) in [5.74, 6) is -0.0855. The van der Waals surface area contributed by atoms with Crippen LogP contribution in [-0.4, -0.2) is 50.6 Å². The van der Waals surface area contributed by atoms with Crippen molar-refractivity contribution in [3.63, 3.8) is 0 Å². The molecule has 3 rings (SSSR count). The maximum atomic E-state index is 12.9. The van der Waals surface area contributed by atoms with E-state index in [1.54, 1.807) is 11.9 Å². The summed E-state index contributed by atoms with van der Waals surface area (Å²) in [6, 6.07) is 17.9. The molecule has 0 aliphatic rings. The highest BCUT2D eigenvalue weighted by Gasteiger charge is 2.19. The van der Waals surface area contributed by atoms with Gasteiger partial charge in [0.05, 0.1) is 18.2 Å². The molecule has 0 saturated carbocycles. The normalized spacial score (nSPS) is 11.6. The zero-order valence-corrected chi connectivity index (χ0v) is 17.7. The van der Waals surface area contributed by atoms with Crippen molar-refractivity contribution in [3.05, 3.63) is 65.9 Å². The second-order valence-corrected chi connectivity index (χ2v) is 8.93. The minimum absolute atomic E-state index is 0.0855. The van der Waals surface area contributed by atoms with Crippen LogP contribution in [0.4, 0.5) is 0 Å². The summed E-state index contributed by atoms with van der Waals surface area (Å²) >= 11 is 0. The van der Waals surface area contributed by atoms with E-state index in [1.165, 1.54) is 0 Å². The average molecular weight is 412 g/mol. The van der Waals surface area contributed by atoms with Crippen LogP contribution in [0.1, 0.15) is 11.3 Å². The first-order valence-electron chi connectivity index (χ1n) is 9.38. The van der Waals surface area contributed by atoms with Crippen molar-refractivity contribution in [2.45, 2.75) is 13.3 Å². The fourth-order valence-corrected chi connectivity index (χ4v) is 3.80. The van der Waals surface area contributed by atoms with Crippen molar-refractivity contribution in [1.29, 1.82) is 0 Å². The first-order chi connectivity index (χ1) is 13.8. The molecule has 1 heterocycles. The Hall–Kier alpha value is -2.77. The maximum Gasteiger partial charge on any atom is 0.226 e. The predicted octanol–water partition coefficient (Wildman–Crippen LogP) is 2.76. The van der Waals surface area contributed by atoms with Gasteiger partial charge in [-0.15, -0.1) is 0 Å². The van der Waals surface area contributed by atoms with Crippen molar-refractivity contribution < 1.29 is 13.2 Å². The van der Waals surface area contributed by atoms with Crippen LogP contribution in [0.2, 0.25) is 0 Å². The van der Waals surface area contributed by atoms with Crippen LogP contribution in [0, 0.1) is 6.92 Å². The highest BCUT2D eigenvalue weighted by atomic mass is 32.2. The Labute approximate surface area is 171 Å². The van der Waals surface area contributed by atoms with Gasteiger partial charge in [-0.25, -0.2) is 13.1 Å². The number of nitrogens with zero attached hydrogens (tertiary/aromatic N) is 2. The monoisotopic (exact) mass is 411 g/mol. The number of likely N-dealkylation sites (N-methyl/N-ethyl adjacent to an activating group) is 1. The van der Waals surface area contributed by atoms with E-state index in [-0.39, 0.29) is 18.9 Å². The minimum atomic E-state index is -3.28. The zero-order valence-electron chi connectivity index (χ0n) is 16.8. The summed E-state index contributed by atoms with van der Waals surface area (Å²) in [4.78, 5) is 19.1. The summed E-state index contributed by atoms with van der Waals surface area (Å²) in [5, 5.41) is 1.01. The van der Waals surface area contributed by atoms with Gasteiger partial charge in [0.15, 0.2) is 0 Å². The van der Waals surface area contributed by atoms with Crippen LogP contribution in [-0.2, 0) is 21.2 Å². The van der Waals surface area contributed by atoms with Crippen LogP contribution in [0.25, 0.3) is 22.0 Å². The quantitative estimate of drug-likeness (QED) is 0.648. The van der Waals surface area contributed by atoms with Crippen LogP contribution >= 0.6 is 0 Å². The molecule has 3 aromatic rings. The number of sulfonamides is 1. The van der Waals surface area contributed by atoms with Crippen molar-refractivity contribution in [2.75, 3.05) is 26.4 Å². The third-order valence-electron chi connectivity index (χ3n) is 4.83. The summed E-state index contributed by atoms with van der Waals surface area (Å²) in [5.41, 5.74) is 4.66. The van der Waals surface area contributed by atoms with Crippen molar-refractivity contribution in [2.24, 2.45) is 0 Å². The Balaban J connectivity index is 1.95. The van der Waals surface area contributed by atoms with Crippen LogP contribution in [0.15, 0.2) is 54.6 Å². The molecule has 7 heteroatoms. The molecule has 2 aromatic carbocycles. The first-order valence-corrected chi connectivity index (χ1v) is 11.3. The Morgan fingerprint density at radius 1 is 1.07 bits per heavy atom. The SMILES string of the molecule is Cc1nc2ccccc2c(-c2ccccc2)c1CC(=O)N(C)CCNS(C)(=O)=O. The molecule has 0 atom stereocenters. The number of rotatable bonds is 7. The molecule has 0 aliphatic heterocycles. The van der Waals surface area contributed by atoms with E-state index in [2.05, 4.69) is 4.72 Å². The Bertz CT molecular complexity index is 1130. The molecule has 0 unspecified atom stereocenters. The number of fused-ring (bicyclic) bond motifs is 1. The largest absolute Gasteiger partial charge is 0.344 e. The number of aryl methyl sites for hydroxylation is 1. The lowest BCUT2D eigenvalue weighted by molar-refractivity contribution is -0.129. The molecular weight excluding hydrogens is 386 g/mol. The molecule has 0 spiro atoms. The number of hydrogen-bond donors (Lipinski definition) is 1. The second kappa shape index (κ2) is 8.71. The molecule has 1 aromatic heterocycles. The van der Waals surface area contributed by atoms with E-state index in [9.17, 15) is 13.2 Å². The van der Waals surface area contributed by atoms with Gasteiger partial charge in [0.2, 0.25) is 15.9 Å². The molecule has 1 N–H and O–H groups in total. The molecular formula is C22H25N3O3S. The van der Waals surface area contributed by atoms with E-state index >= 15 is 0 Å². The van der Waals surface area contributed by atoms with Crippen molar-refractivity contribution >= 4 is 26.8 Å². The number of carbonyl (C=O) groups excluding carboxylic acids is 1. The van der Waals surface area contributed by atoms with Gasteiger partial charge in [0.1, 0.15) is 0 Å². The van der Waals surface area contributed by atoms with Gasteiger partial charge in [-0.05, 0) is 29.7 Å². The molecule has 152 valence electrons. The third-order valence-corrected chi connectivity index (χ3v) is 5.56. The number of carbonyl (C=O) groups is 1. The maximum absolute atomic E-state index is 12.9. The van der Waals surface area contributed by atoms with Gasteiger partial charge in [-0.2, -0.15) is 0 Å². The van der Waals surface area contributed by atoms with Crippen LogP contribution < -0.4 is 4.72 Å². The summed E-state index contributed by atoms with van der Waals surface area (Å²) in [6.07, 6.45) is 1.30. The molecule has 1 amide bonds. The topological polar surface area (TPSA) is 79.4 Å². The van der Waals surface area contributed by atoms with E-state index in [0.717, 1.165) is 39.5 Å². The molecule has 0 radical (unpaired) electrons. The predicted molar refractivity (Wildman–Crippen MR) is 116 cm³/mol. The van der Waals surface area contributed by atoms with Crippen LogP contribution in [0.5, 0.6) is 0 Å². The van der Waals surface area contributed by atoms with E-state index in [1.807, 2.05) is 61.5 Å². The number of pyridine rings is 1. The number of amides is 1. The van der Waals surface area contributed by atoms with Crippen molar-refractivity contribution in [1.82, 2.24) is 14.6 Å². The van der Waals surface area contributed by atoms with Gasteiger partial charge >= 0.3 is 0 Å². The van der Waals surface area contributed by atoms with Gasteiger partial charge in [0, 0.05) is 31.2 Å². The summed E-state index contributed by atoms with van der Waals surface area (Å²) in [7, 11) is -1.60. The zero-order chi connectivity index (χ0) is 21.0. The van der Waals surface area contributed by atoms with E-state index in [4.69, 9.17) is 4.98 Å². The second-order valence-electron chi connectivity index (χ2n) is 7.09. The Morgan fingerprint density at radius 2 is 1.72 bits per heavy atom. The standard InChI is InChI=1S/C22H25N3O3S/c1-16-19(15-21(26)25(2)14-13-23-29(3,27)28)22(17-9-5-4-6-10-17)18-11-7-8-12-20(18)24-16/h4-12,23H,13-15H2,1-3H3. The molecule has 0 bridgehead atoms. The van der Waals surface area contributed by atoms with Gasteiger partial charge in [-0.3, -0.25) is 9.78 Å². The smallest absolute Gasteiger partial charge is 0.226 e. The fraction of sp³-hybridized carbons (Fsp3) is 0.273. The third kappa shape index (κ3) is 5.19. The van der Waals surface area contributed by atoms with E-state index in [0.29, 0.717) is 6.54 Å². The van der Waals surface area contributed by atoms with Gasteiger partial charge in [0.25, 0.3) is 0 Å².